The molecule has 4 heteroatoms. The molecule has 2 aliphatic rings. The van der Waals surface area contributed by atoms with Crippen LogP contribution in [0.1, 0.15) is 12.8 Å². The molecule has 2 aliphatic heterocycles. The van der Waals surface area contributed by atoms with Crippen LogP contribution >= 0.6 is 11.8 Å². The number of quaternary nitrogens is 1. The van der Waals surface area contributed by atoms with Gasteiger partial charge >= 0.3 is 0 Å². The van der Waals surface area contributed by atoms with Crippen LogP contribution in [0.4, 0.5) is 0 Å². The quantitative estimate of drug-likeness (QED) is 0.620. The van der Waals surface area contributed by atoms with Crippen molar-refractivity contribution in [2.75, 3.05) is 26.0 Å². The molecule has 0 radical (unpaired) electrons. The maximum atomic E-state index is 5.97. The molecule has 0 amide bonds. The number of hydrogen-bond acceptors (Lipinski definition) is 3. The van der Waals surface area contributed by atoms with E-state index in [1.165, 1.54) is 0 Å². The average Bonchev–Trinajstić information content (AvgIpc) is 2.50. The van der Waals surface area contributed by atoms with Crippen LogP contribution < -0.4 is 5.32 Å². The molecule has 0 aromatic carbocycles. The van der Waals surface area contributed by atoms with Crippen LogP contribution in [0.3, 0.4) is 0 Å². The molecule has 2 saturated heterocycles. The molecule has 0 unspecified atom stereocenters. The van der Waals surface area contributed by atoms with Gasteiger partial charge in [0.15, 0.2) is 0 Å². The first-order valence-corrected chi connectivity index (χ1v) is 5.56. The Morgan fingerprint density at radius 1 is 1.42 bits per heavy atom. The maximum absolute atomic E-state index is 5.97. The predicted molar refractivity (Wildman–Crippen MR) is 48.0 cm³/mol. The van der Waals surface area contributed by atoms with Crippen LogP contribution in [0.15, 0.2) is 0 Å². The van der Waals surface area contributed by atoms with Crippen LogP contribution in [0.5, 0.6) is 0 Å². The number of hydrogen-bond donors (Lipinski definition) is 1. The highest BCUT2D eigenvalue weighted by molar-refractivity contribution is 7.99. The van der Waals surface area contributed by atoms with Crippen LogP contribution in [0, 0.1) is 0 Å². The van der Waals surface area contributed by atoms with Gasteiger partial charge in [0.25, 0.3) is 0 Å². The molecule has 2 rings (SSSR count). The SMILES string of the molecule is C[NH2+][C@@H]1OC2(CCOCC2)CS1. The van der Waals surface area contributed by atoms with E-state index in [4.69, 9.17) is 9.47 Å². The first kappa shape index (κ1) is 8.81. The van der Waals surface area contributed by atoms with Crippen molar-refractivity contribution in [2.24, 2.45) is 0 Å². The number of nitrogens with two attached hydrogens (primary N) is 1. The Balaban J connectivity index is 1.94. The Hall–Kier alpha value is 0.230. The van der Waals surface area contributed by atoms with Crippen molar-refractivity contribution in [1.29, 1.82) is 0 Å². The molecular formula is C8H16NO2S+. The van der Waals surface area contributed by atoms with Crippen molar-refractivity contribution in [3.05, 3.63) is 0 Å². The largest absolute Gasteiger partial charge is 0.381 e. The Morgan fingerprint density at radius 3 is 2.75 bits per heavy atom. The molecule has 0 bridgehead atoms. The molecule has 2 N–H and O–H groups in total. The fourth-order valence-corrected chi connectivity index (χ4v) is 3.01. The van der Waals surface area contributed by atoms with Gasteiger partial charge in [0.1, 0.15) is 0 Å². The van der Waals surface area contributed by atoms with Crippen LogP contribution in [-0.2, 0) is 9.47 Å². The Bertz CT molecular complexity index is 159. The van der Waals surface area contributed by atoms with Gasteiger partial charge in [0.2, 0.25) is 5.56 Å². The molecule has 3 nitrogen and oxygen atoms in total. The molecule has 2 fully saturated rings. The van der Waals surface area contributed by atoms with Gasteiger partial charge in [-0.2, -0.15) is 0 Å². The van der Waals surface area contributed by atoms with Crippen LogP contribution in [-0.4, -0.2) is 37.2 Å². The highest BCUT2D eigenvalue weighted by Gasteiger charge is 2.43. The van der Waals surface area contributed by atoms with Gasteiger partial charge in [-0.3, -0.25) is 0 Å². The molecule has 0 saturated carbocycles. The zero-order chi connectivity index (χ0) is 8.44. The summed E-state index contributed by atoms with van der Waals surface area (Å²) < 4.78 is 11.3. The molecule has 0 aromatic rings. The first-order chi connectivity index (χ1) is 5.85. The third-order valence-electron chi connectivity index (χ3n) is 2.55. The Kier molecular flexibility index (Phi) is 2.60. The van der Waals surface area contributed by atoms with Crippen molar-refractivity contribution < 1.29 is 14.8 Å². The fourth-order valence-electron chi connectivity index (χ4n) is 1.72. The second-order valence-electron chi connectivity index (χ2n) is 3.43. The summed E-state index contributed by atoms with van der Waals surface area (Å²) in [7, 11) is 2.07. The minimum absolute atomic E-state index is 0.153. The van der Waals surface area contributed by atoms with Crippen molar-refractivity contribution >= 4 is 11.8 Å². The molecular weight excluding hydrogens is 174 g/mol. The van der Waals surface area contributed by atoms with E-state index in [9.17, 15) is 0 Å². The van der Waals surface area contributed by atoms with Gasteiger partial charge < -0.3 is 14.8 Å². The summed E-state index contributed by atoms with van der Waals surface area (Å²) in [5, 5.41) is 2.13. The topological polar surface area (TPSA) is 35.1 Å². The number of ether oxygens (including phenoxy) is 2. The average molecular weight is 190 g/mol. The highest BCUT2D eigenvalue weighted by Crippen LogP contribution is 2.37. The summed E-state index contributed by atoms with van der Waals surface area (Å²) in [5.41, 5.74) is 0.475. The molecule has 0 aliphatic carbocycles. The van der Waals surface area contributed by atoms with E-state index in [2.05, 4.69) is 12.4 Å². The molecule has 70 valence electrons. The van der Waals surface area contributed by atoms with E-state index >= 15 is 0 Å². The van der Waals surface area contributed by atoms with E-state index < -0.39 is 0 Å². The van der Waals surface area contributed by atoms with Gasteiger partial charge in [-0.25, -0.2) is 0 Å². The van der Waals surface area contributed by atoms with Gasteiger partial charge in [-0.05, 0) is 0 Å². The minimum atomic E-state index is 0.153. The summed E-state index contributed by atoms with van der Waals surface area (Å²) in [6.07, 6.45) is 2.15. The summed E-state index contributed by atoms with van der Waals surface area (Å²) in [6, 6.07) is 0. The normalized spacial score (nSPS) is 34.2. The summed E-state index contributed by atoms with van der Waals surface area (Å²) in [5.74, 6) is 1.14. The molecule has 1 spiro atoms. The zero-order valence-corrected chi connectivity index (χ0v) is 8.23. The number of rotatable bonds is 1. The zero-order valence-electron chi connectivity index (χ0n) is 7.41. The van der Waals surface area contributed by atoms with Crippen molar-refractivity contribution in [2.45, 2.75) is 24.0 Å². The lowest BCUT2D eigenvalue weighted by atomic mass is 9.97. The van der Waals surface area contributed by atoms with Gasteiger partial charge in [-0.15, -0.1) is 0 Å². The van der Waals surface area contributed by atoms with Gasteiger partial charge in [0, 0.05) is 31.8 Å². The van der Waals surface area contributed by atoms with E-state index in [0.717, 1.165) is 31.8 Å². The lowest BCUT2D eigenvalue weighted by molar-refractivity contribution is -0.680. The first-order valence-electron chi connectivity index (χ1n) is 4.51. The van der Waals surface area contributed by atoms with Crippen LogP contribution in [0.2, 0.25) is 0 Å². The van der Waals surface area contributed by atoms with Crippen molar-refractivity contribution in [3.8, 4) is 0 Å². The monoisotopic (exact) mass is 190 g/mol. The van der Waals surface area contributed by atoms with Gasteiger partial charge in [-0.1, -0.05) is 11.8 Å². The second-order valence-corrected chi connectivity index (χ2v) is 4.51. The van der Waals surface area contributed by atoms with E-state index in [1.807, 2.05) is 11.8 Å². The molecule has 12 heavy (non-hydrogen) atoms. The maximum Gasteiger partial charge on any atom is 0.240 e. The van der Waals surface area contributed by atoms with Crippen LogP contribution in [0.25, 0.3) is 0 Å². The molecule has 0 aromatic heterocycles. The van der Waals surface area contributed by atoms with E-state index in [1.54, 1.807) is 0 Å². The molecule has 1 atom stereocenters. The third kappa shape index (κ3) is 1.62. The Labute approximate surface area is 77.2 Å². The summed E-state index contributed by atoms with van der Waals surface area (Å²) in [4.78, 5) is 0. The van der Waals surface area contributed by atoms with Crippen molar-refractivity contribution in [3.63, 3.8) is 0 Å². The fraction of sp³-hybridized carbons (Fsp3) is 1.00. The summed E-state index contributed by atoms with van der Waals surface area (Å²) in [6.45, 7) is 1.74. The summed E-state index contributed by atoms with van der Waals surface area (Å²) >= 11 is 1.91. The lowest BCUT2D eigenvalue weighted by Gasteiger charge is -2.31. The third-order valence-corrected chi connectivity index (χ3v) is 3.94. The Morgan fingerprint density at radius 2 is 2.17 bits per heavy atom. The lowest BCUT2D eigenvalue weighted by Crippen LogP contribution is -2.85. The number of thioether (sulfide) groups is 1. The smallest absolute Gasteiger partial charge is 0.240 e. The van der Waals surface area contributed by atoms with E-state index in [0.29, 0.717) is 5.56 Å². The van der Waals surface area contributed by atoms with Crippen molar-refractivity contribution in [1.82, 2.24) is 0 Å². The van der Waals surface area contributed by atoms with E-state index in [-0.39, 0.29) is 5.60 Å². The predicted octanol–water partition coefficient (Wildman–Crippen LogP) is -0.224. The second kappa shape index (κ2) is 3.54. The minimum Gasteiger partial charge on any atom is -0.381 e. The van der Waals surface area contributed by atoms with Gasteiger partial charge in [0.05, 0.1) is 12.6 Å². The highest BCUT2D eigenvalue weighted by atomic mass is 32.2. The standard InChI is InChI=1S/C8H15NO2S/c1-9-7-11-8(6-12-7)2-4-10-5-3-8/h7,9H,2-6H2,1H3/p+1/t7-/m1/s1. The molecule has 2 heterocycles.